The van der Waals surface area contributed by atoms with Crippen molar-refractivity contribution in [3.8, 4) is 0 Å². The lowest BCUT2D eigenvalue weighted by Gasteiger charge is -2.39. The standard InChI is InChI=1S/C21H30N2O3/c1-17-6-5-7-18(14-17)15-21(26)9-12-22(13-10-21)20(25)16-23-11-4-2-3-8-19(23)24/h5-7,14,26H,2-4,8-13,15-16H2,1H3. The Kier molecular flexibility index (Phi) is 5.97. The molecule has 2 aliphatic rings. The van der Waals surface area contributed by atoms with Crippen molar-refractivity contribution >= 4 is 11.8 Å². The number of nitrogens with zero attached hydrogens (tertiary/aromatic N) is 2. The SMILES string of the molecule is Cc1cccc(CC2(O)CCN(C(=O)CN3CCCCCC3=O)CC2)c1. The molecule has 1 aromatic carbocycles. The van der Waals surface area contributed by atoms with Crippen LogP contribution in [0.15, 0.2) is 24.3 Å². The van der Waals surface area contributed by atoms with Crippen LogP contribution in [-0.2, 0) is 16.0 Å². The van der Waals surface area contributed by atoms with Crippen LogP contribution in [0, 0.1) is 6.92 Å². The van der Waals surface area contributed by atoms with Crippen molar-refractivity contribution in [2.75, 3.05) is 26.2 Å². The van der Waals surface area contributed by atoms with Gasteiger partial charge in [0.25, 0.3) is 0 Å². The molecule has 5 heteroatoms. The number of rotatable bonds is 4. The van der Waals surface area contributed by atoms with E-state index in [0.29, 0.717) is 45.3 Å². The quantitative estimate of drug-likeness (QED) is 0.898. The van der Waals surface area contributed by atoms with Gasteiger partial charge in [-0.05, 0) is 38.2 Å². The third-order valence-electron chi connectivity index (χ3n) is 5.66. The van der Waals surface area contributed by atoms with Gasteiger partial charge in [-0.25, -0.2) is 0 Å². The van der Waals surface area contributed by atoms with Crippen molar-refractivity contribution in [2.45, 2.75) is 57.5 Å². The molecule has 0 bridgehead atoms. The molecule has 26 heavy (non-hydrogen) atoms. The van der Waals surface area contributed by atoms with Gasteiger partial charge >= 0.3 is 0 Å². The van der Waals surface area contributed by atoms with Crippen LogP contribution >= 0.6 is 0 Å². The second-order valence-corrected chi connectivity index (χ2v) is 7.90. The second kappa shape index (κ2) is 8.21. The van der Waals surface area contributed by atoms with Gasteiger partial charge < -0.3 is 14.9 Å². The molecule has 0 unspecified atom stereocenters. The van der Waals surface area contributed by atoms with Crippen LogP contribution in [0.4, 0.5) is 0 Å². The summed E-state index contributed by atoms with van der Waals surface area (Å²) in [6.45, 7) is 4.05. The van der Waals surface area contributed by atoms with Crippen LogP contribution in [0.1, 0.15) is 49.7 Å². The normalized spacial score (nSPS) is 20.8. The Morgan fingerprint density at radius 1 is 1.15 bits per heavy atom. The van der Waals surface area contributed by atoms with Gasteiger partial charge in [-0.3, -0.25) is 9.59 Å². The summed E-state index contributed by atoms with van der Waals surface area (Å²) in [5, 5.41) is 10.9. The number of aliphatic hydroxyl groups is 1. The third kappa shape index (κ3) is 4.85. The molecule has 3 rings (SSSR count). The van der Waals surface area contributed by atoms with Gasteiger partial charge in [-0.2, -0.15) is 0 Å². The molecular weight excluding hydrogens is 328 g/mol. The minimum absolute atomic E-state index is 0.0119. The van der Waals surface area contributed by atoms with Crippen molar-refractivity contribution in [1.29, 1.82) is 0 Å². The molecule has 142 valence electrons. The number of hydrogen-bond acceptors (Lipinski definition) is 3. The fourth-order valence-corrected chi connectivity index (χ4v) is 4.02. The van der Waals surface area contributed by atoms with Gasteiger partial charge in [-0.1, -0.05) is 36.2 Å². The molecule has 0 aromatic heterocycles. The van der Waals surface area contributed by atoms with Crippen LogP contribution in [0.2, 0.25) is 0 Å². The highest BCUT2D eigenvalue weighted by atomic mass is 16.3. The number of hydrogen-bond donors (Lipinski definition) is 1. The number of aryl methyl sites for hydroxylation is 1. The van der Waals surface area contributed by atoms with Gasteiger partial charge in [0.1, 0.15) is 0 Å². The molecule has 0 atom stereocenters. The first-order valence-electron chi connectivity index (χ1n) is 9.79. The van der Waals surface area contributed by atoms with Crippen molar-refractivity contribution in [3.63, 3.8) is 0 Å². The summed E-state index contributed by atoms with van der Waals surface area (Å²) in [4.78, 5) is 28.2. The van der Waals surface area contributed by atoms with Gasteiger partial charge in [0.05, 0.1) is 12.1 Å². The predicted molar refractivity (Wildman–Crippen MR) is 101 cm³/mol. The molecule has 0 radical (unpaired) electrons. The lowest BCUT2D eigenvalue weighted by molar-refractivity contribution is -0.142. The Hall–Kier alpha value is -1.88. The monoisotopic (exact) mass is 358 g/mol. The van der Waals surface area contributed by atoms with Crippen molar-refractivity contribution < 1.29 is 14.7 Å². The fraction of sp³-hybridized carbons (Fsp3) is 0.619. The van der Waals surface area contributed by atoms with Crippen LogP contribution in [0.3, 0.4) is 0 Å². The molecule has 2 heterocycles. The maximum absolute atomic E-state index is 12.6. The molecule has 0 aliphatic carbocycles. The van der Waals surface area contributed by atoms with Crippen molar-refractivity contribution in [3.05, 3.63) is 35.4 Å². The van der Waals surface area contributed by atoms with E-state index in [1.165, 1.54) is 5.56 Å². The molecule has 2 aliphatic heterocycles. The van der Waals surface area contributed by atoms with E-state index in [-0.39, 0.29) is 18.4 Å². The van der Waals surface area contributed by atoms with Gasteiger partial charge in [0.2, 0.25) is 11.8 Å². The Morgan fingerprint density at radius 2 is 1.92 bits per heavy atom. The van der Waals surface area contributed by atoms with Gasteiger partial charge in [-0.15, -0.1) is 0 Å². The molecule has 1 N–H and O–H groups in total. The third-order valence-corrected chi connectivity index (χ3v) is 5.66. The lowest BCUT2D eigenvalue weighted by Crippen LogP contribution is -2.50. The van der Waals surface area contributed by atoms with E-state index in [0.717, 1.165) is 24.8 Å². The van der Waals surface area contributed by atoms with E-state index in [2.05, 4.69) is 19.1 Å². The zero-order valence-electron chi connectivity index (χ0n) is 15.7. The number of carbonyl (C=O) groups is 2. The molecule has 2 fully saturated rings. The molecule has 2 saturated heterocycles. The highest BCUT2D eigenvalue weighted by Gasteiger charge is 2.34. The average molecular weight is 358 g/mol. The average Bonchev–Trinajstić information content (AvgIpc) is 2.80. The van der Waals surface area contributed by atoms with E-state index < -0.39 is 5.60 Å². The fourth-order valence-electron chi connectivity index (χ4n) is 4.02. The highest BCUT2D eigenvalue weighted by molar-refractivity contribution is 5.85. The maximum atomic E-state index is 12.6. The van der Waals surface area contributed by atoms with E-state index in [4.69, 9.17) is 0 Å². The second-order valence-electron chi connectivity index (χ2n) is 7.90. The first-order chi connectivity index (χ1) is 12.5. The van der Waals surface area contributed by atoms with Crippen LogP contribution in [0.25, 0.3) is 0 Å². The minimum Gasteiger partial charge on any atom is -0.389 e. The summed E-state index contributed by atoms with van der Waals surface area (Å²) in [7, 11) is 0. The van der Waals surface area contributed by atoms with Gasteiger partial charge in [0.15, 0.2) is 0 Å². The lowest BCUT2D eigenvalue weighted by atomic mass is 9.85. The predicted octanol–water partition coefficient (Wildman–Crippen LogP) is 2.29. The zero-order valence-corrected chi connectivity index (χ0v) is 15.7. The summed E-state index contributed by atoms with van der Waals surface area (Å²) < 4.78 is 0. The molecule has 2 amide bonds. The Labute approximate surface area is 156 Å². The van der Waals surface area contributed by atoms with E-state index in [9.17, 15) is 14.7 Å². The topological polar surface area (TPSA) is 60.9 Å². The smallest absolute Gasteiger partial charge is 0.242 e. The van der Waals surface area contributed by atoms with Crippen LogP contribution in [-0.4, -0.2) is 58.5 Å². The first-order valence-corrected chi connectivity index (χ1v) is 9.79. The Bertz CT molecular complexity index is 650. The van der Waals surface area contributed by atoms with Crippen molar-refractivity contribution in [2.24, 2.45) is 0 Å². The maximum Gasteiger partial charge on any atom is 0.242 e. The van der Waals surface area contributed by atoms with Crippen LogP contribution < -0.4 is 0 Å². The number of piperidine rings is 1. The Morgan fingerprint density at radius 3 is 2.65 bits per heavy atom. The number of amides is 2. The molecule has 5 nitrogen and oxygen atoms in total. The summed E-state index contributed by atoms with van der Waals surface area (Å²) in [5.74, 6) is 0.113. The number of likely N-dealkylation sites (tertiary alicyclic amines) is 2. The highest BCUT2D eigenvalue weighted by Crippen LogP contribution is 2.27. The van der Waals surface area contributed by atoms with Gasteiger partial charge in [0, 0.05) is 32.5 Å². The van der Waals surface area contributed by atoms with E-state index in [1.807, 2.05) is 17.0 Å². The van der Waals surface area contributed by atoms with E-state index in [1.54, 1.807) is 4.90 Å². The summed E-state index contributed by atoms with van der Waals surface area (Å²) in [6, 6.07) is 8.23. The van der Waals surface area contributed by atoms with E-state index >= 15 is 0 Å². The Balaban J connectivity index is 1.52. The number of carbonyl (C=O) groups excluding carboxylic acids is 2. The molecule has 0 spiro atoms. The minimum atomic E-state index is -0.747. The number of benzene rings is 1. The summed E-state index contributed by atoms with van der Waals surface area (Å²) in [5.41, 5.74) is 1.59. The largest absolute Gasteiger partial charge is 0.389 e. The van der Waals surface area contributed by atoms with Crippen LogP contribution in [0.5, 0.6) is 0 Å². The first kappa shape index (κ1) is 18.9. The molecular formula is C21H30N2O3. The molecule has 1 aromatic rings. The van der Waals surface area contributed by atoms with Crippen molar-refractivity contribution in [1.82, 2.24) is 9.80 Å². The zero-order chi connectivity index (χ0) is 18.6. The summed E-state index contributed by atoms with van der Waals surface area (Å²) in [6.07, 6.45) is 5.33. The summed E-state index contributed by atoms with van der Waals surface area (Å²) >= 11 is 0. The molecule has 0 saturated carbocycles.